The second kappa shape index (κ2) is 12.6. The van der Waals surface area contributed by atoms with Crippen molar-refractivity contribution in [2.45, 2.75) is 43.2 Å². The van der Waals surface area contributed by atoms with E-state index in [1.807, 2.05) is 49.4 Å². The minimum Gasteiger partial charge on any atom is -0.368 e. The molecule has 1 aliphatic heterocycles. The summed E-state index contributed by atoms with van der Waals surface area (Å²) in [6.07, 6.45) is 1.46. The van der Waals surface area contributed by atoms with Crippen molar-refractivity contribution in [2.75, 3.05) is 13.1 Å². The fraction of sp³-hybridized carbons (Fsp3) is 0.333. The SMILES string of the molecule is Cc1ccc(S(=O)(=O)NC(C(=O)N[C@@H](Cc2ccccc2)C(N)=O)C2CCNCC2)c2ccccc12.S. The summed E-state index contributed by atoms with van der Waals surface area (Å²) in [6.45, 7) is 3.27. The maximum absolute atomic E-state index is 13.6. The van der Waals surface area contributed by atoms with Crippen LogP contribution in [-0.4, -0.2) is 45.4 Å². The van der Waals surface area contributed by atoms with Crippen LogP contribution < -0.4 is 21.1 Å². The molecule has 3 aromatic carbocycles. The third-order valence-corrected chi connectivity index (χ3v) is 8.25. The largest absolute Gasteiger partial charge is 0.368 e. The third kappa shape index (κ3) is 6.89. The summed E-state index contributed by atoms with van der Waals surface area (Å²) in [5.74, 6) is -1.46. The predicted molar refractivity (Wildman–Crippen MR) is 150 cm³/mol. The number of sulfonamides is 1. The van der Waals surface area contributed by atoms with Crippen molar-refractivity contribution in [3.8, 4) is 0 Å². The fourth-order valence-corrected chi connectivity index (χ4v) is 6.24. The van der Waals surface area contributed by atoms with Gasteiger partial charge in [0.2, 0.25) is 21.8 Å². The first kappa shape index (κ1) is 28.6. The lowest BCUT2D eigenvalue weighted by atomic mass is 9.90. The molecule has 8 nitrogen and oxygen atoms in total. The Labute approximate surface area is 224 Å². The molecule has 10 heteroatoms. The molecule has 2 amide bonds. The lowest BCUT2D eigenvalue weighted by Gasteiger charge is -2.31. The topological polar surface area (TPSA) is 130 Å². The molecule has 37 heavy (non-hydrogen) atoms. The van der Waals surface area contributed by atoms with E-state index < -0.39 is 33.9 Å². The molecular weight excluding hydrogens is 508 g/mol. The van der Waals surface area contributed by atoms with E-state index in [2.05, 4.69) is 15.4 Å². The van der Waals surface area contributed by atoms with Crippen LogP contribution in [0.4, 0.5) is 0 Å². The Balaban J connectivity index is 0.00000380. The van der Waals surface area contributed by atoms with Crippen LogP contribution in [0.5, 0.6) is 0 Å². The molecule has 198 valence electrons. The van der Waals surface area contributed by atoms with E-state index in [1.165, 1.54) is 0 Å². The van der Waals surface area contributed by atoms with Gasteiger partial charge < -0.3 is 16.4 Å². The molecule has 0 spiro atoms. The molecule has 1 aliphatic rings. The number of nitrogens with one attached hydrogen (secondary N) is 3. The molecule has 0 aromatic heterocycles. The lowest BCUT2D eigenvalue weighted by molar-refractivity contribution is -0.129. The van der Waals surface area contributed by atoms with Gasteiger partial charge >= 0.3 is 0 Å². The van der Waals surface area contributed by atoms with Crippen LogP contribution in [0.25, 0.3) is 10.8 Å². The Hall–Kier alpha value is -2.92. The number of aryl methyl sites for hydroxylation is 1. The number of fused-ring (bicyclic) bond motifs is 1. The van der Waals surface area contributed by atoms with Crippen LogP contribution in [-0.2, 0) is 26.0 Å². The van der Waals surface area contributed by atoms with Crippen LogP contribution in [0.1, 0.15) is 24.0 Å². The van der Waals surface area contributed by atoms with E-state index >= 15 is 0 Å². The van der Waals surface area contributed by atoms with E-state index in [9.17, 15) is 18.0 Å². The van der Waals surface area contributed by atoms with Crippen LogP contribution in [0.15, 0.2) is 71.6 Å². The number of hydrogen-bond acceptors (Lipinski definition) is 5. The van der Waals surface area contributed by atoms with Crippen molar-refractivity contribution in [3.05, 3.63) is 77.9 Å². The average molecular weight is 543 g/mol. The predicted octanol–water partition coefficient (Wildman–Crippen LogP) is 2.12. The molecule has 1 fully saturated rings. The number of benzene rings is 3. The second-order valence-corrected chi connectivity index (χ2v) is 10.9. The summed E-state index contributed by atoms with van der Waals surface area (Å²) in [5.41, 5.74) is 7.40. The van der Waals surface area contributed by atoms with Gasteiger partial charge in [0.1, 0.15) is 12.1 Å². The zero-order valence-corrected chi connectivity index (χ0v) is 22.6. The Morgan fingerprint density at radius 3 is 2.24 bits per heavy atom. The molecule has 5 N–H and O–H groups in total. The number of carbonyl (C=O) groups excluding carboxylic acids is 2. The van der Waals surface area contributed by atoms with Gasteiger partial charge in [-0.05, 0) is 61.4 Å². The van der Waals surface area contributed by atoms with Crippen molar-refractivity contribution in [2.24, 2.45) is 11.7 Å². The van der Waals surface area contributed by atoms with Gasteiger partial charge in [-0.1, -0.05) is 60.7 Å². The standard InChI is InChI=1S/C27H32N4O4S.H2S/c1-18-11-12-24(22-10-6-5-9-21(18)22)36(34,35)31-25(20-13-15-29-16-14-20)27(33)30-23(26(28)32)17-19-7-3-2-4-8-19;/h2-12,20,23,25,29,31H,13-17H2,1H3,(H2,28,32)(H,30,33);1H2/t23-,25?;/m0./s1. The molecule has 3 aromatic rings. The van der Waals surface area contributed by atoms with Gasteiger partial charge in [-0.25, -0.2) is 8.42 Å². The number of nitrogens with two attached hydrogens (primary N) is 1. The zero-order chi connectivity index (χ0) is 25.7. The summed E-state index contributed by atoms with van der Waals surface area (Å²) in [7, 11) is -4.06. The first-order valence-corrected chi connectivity index (χ1v) is 13.6. The Morgan fingerprint density at radius 2 is 1.59 bits per heavy atom. The summed E-state index contributed by atoms with van der Waals surface area (Å²) < 4.78 is 29.9. The number of primary amides is 1. The molecule has 0 bridgehead atoms. The van der Waals surface area contributed by atoms with Crippen LogP contribution in [0.2, 0.25) is 0 Å². The maximum Gasteiger partial charge on any atom is 0.241 e. The van der Waals surface area contributed by atoms with Crippen LogP contribution >= 0.6 is 13.5 Å². The van der Waals surface area contributed by atoms with Crippen LogP contribution in [0, 0.1) is 12.8 Å². The Morgan fingerprint density at radius 1 is 0.973 bits per heavy atom. The van der Waals surface area contributed by atoms with Crippen molar-refractivity contribution in [3.63, 3.8) is 0 Å². The Bertz CT molecular complexity index is 1340. The molecule has 2 atom stereocenters. The molecule has 0 saturated carbocycles. The second-order valence-electron chi connectivity index (χ2n) is 9.27. The van der Waals surface area contributed by atoms with E-state index in [0.29, 0.717) is 31.3 Å². The monoisotopic (exact) mass is 542 g/mol. The van der Waals surface area contributed by atoms with Crippen molar-refractivity contribution in [1.82, 2.24) is 15.4 Å². The minimum atomic E-state index is -4.06. The summed E-state index contributed by atoms with van der Waals surface area (Å²) in [4.78, 5) is 25.8. The highest BCUT2D eigenvalue weighted by atomic mass is 32.2. The molecule has 4 rings (SSSR count). The molecular formula is C27H34N4O4S2. The Kier molecular flexibility index (Phi) is 9.72. The van der Waals surface area contributed by atoms with Gasteiger partial charge in [0.15, 0.2) is 0 Å². The zero-order valence-electron chi connectivity index (χ0n) is 20.7. The number of amides is 2. The molecule has 1 saturated heterocycles. The number of rotatable bonds is 9. The molecule has 1 heterocycles. The highest BCUT2D eigenvalue weighted by molar-refractivity contribution is 7.89. The van der Waals surface area contributed by atoms with E-state index in [-0.39, 0.29) is 30.7 Å². The highest BCUT2D eigenvalue weighted by Crippen LogP contribution is 2.27. The van der Waals surface area contributed by atoms with Crippen LogP contribution in [0.3, 0.4) is 0 Å². The van der Waals surface area contributed by atoms with E-state index in [0.717, 1.165) is 16.5 Å². The van der Waals surface area contributed by atoms with Crippen molar-refractivity contribution in [1.29, 1.82) is 0 Å². The summed E-state index contributed by atoms with van der Waals surface area (Å²) in [5, 5.41) is 7.39. The van der Waals surface area contributed by atoms with Gasteiger partial charge in [0.05, 0.1) is 4.90 Å². The first-order chi connectivity index (χ1) is 17.3. The lowest BCUT2D eigenvalue weighted by Crippen LogP contribution is -2.57. The summed E-state index contributed by atoms with van der Waals surface area (Å²) >= 11 is 0. The van der Waals surface area contributed by atoms with Gasteiger partial charge in [0, 0.05) is 11.8 Å². The van der Waals surface area contributed by atoms with Crippen molar-refractivity contribution < 1.29 is 18.0 Å². The quantitative estimate of drug-likeness (QED) is 0.329. The molecule has 1 unspecified atom stereocenters. The van der Waals surface area contributed by atoms with Gasteiger partial charge in [-0.2, -0.15) is 18.2 Å². The molecule has 0 aliphatic carbocycles. The first-order valence-electron chi connectivity index (χ1n) is 12.1. The van der Waals surface area contributed by atoms with E-state index in [4.69, 9.17) is 5.73 Å². The fourth-order valence-electron chi connectivity index (χ4n) is 4.76. The van der Waals surface area contributed by atoms with Gasteiger partial charge in [0.25, 0.3) is 0 Å². The number of piperidine rings is 1. The minimum absolute atomic E-state index is 0. The van der Waals surface area contributed by atoms with E-state index in [1.54, 1.807) is 24.3 Å². The third-order valence-electron chi connectivity index (χ3n) is 6.75. The van der Waals surface area contributed by atoms with Gasteiger partial charge in [-0.15, -0.1) is 0 Å². The number of carbonyl (C=O) groups is 2. The summed E-state index contributed by atoms with van der Waals surface area (Å²) in [6, 6.07) is 17.8. The van der Waals surface area contributed by atoms with Gasteiger partial charge in [-0.3, -0.25) is 9.59 Å². The molecule has 0 radical (unpaired) electrons. The average Bonchev–Trinajstić information content (AvgIpc) is 2.88. The smallest absolute Gasteiger partial charge is 0.241 e. The highest BCUT2D eigenvalue weighted by Gasteiger charge is 2.35. The normalized spacial score (nSPS) is 15.9. The van der Waals surface area contributed by atoms with Crippen molar-refractivity contribution >= 4 is 46.1 Å². The maximum atomic E-state index is 13.6. The number of hydrogen-bond donors (Lipinski definition) is 4.